The van der Waals surface area contributed by atoms with Crippen LogP contribution in [-0.4, -0.2) is 49.4 Å². The lowest BCUT2D eigenvalue weighted by Crippen LogP contribution is -2.40. The monoisotopic (exact) mass is 591 g/mol. The van der Waals surface area contributed by atoms with E-state index in [1.54, 1.807) is 10.6 Å². The zero-order valence-electron chi connectivity index (χ0n) is 17.4. The summed E-state index contributed by atoms with van der Waals surface area (Å²) in [6.07, 6.45) is 0.738. The first-order valence-corrected chi connectivity index (χ1v) is 14.1. The Morgan fingerprint density at radius 1 is 1.21 bits per heavy atom. The van der Waals surface area contributed by atoms with Crippen molar-refractivity contribution in [3.8, 4) is 0 Å². The molecule has 0 spiro atoms. The summed E-state index contributed by atoms with van der Waals surface area (Å²) in [5.41, 5.74) is 0.774. The molecule has 0 saturated carbocycles. The Bertz CT molecular complexity index is 1390. The largest absolute Gasteiger partial charge is 0.468 e. The number of hydrogen-bond acceptors (Lipinski definition) is 7. The van der Waals surface area contributed by atoms with Gasteiger partial charge in [0.1, 0.15) is 10.8 Å². The highest BCUT2D eigenvalue weighted by Crippen LogP contribution is 2.31. The third-order valence-electron chi connectivity index (χ3n) is 5.31. The van der Waals surface area contributed by atoms with Gasteiger partial charge in [-0.1, -0.05) is 38.9 Å². The fourth-order valence-electron chi connectivity index (χ4n) is 3.57. The molecular formula is C20H19BrClN3O5S3. The van der Waals surface area contributed by atoms with Gasteiger partial charge in [0.25, 0.3) is 15.9 Å². The summed E-state index contributed by atoms with van der Waals surface area (Å²) in [7, 11) is -2.32. The molecule has 13 heteroatoms. The number of rotatable bonds is 5. The van der Waals surface area contributed by atoms with Gasteiger partial charge in [-0.3, -0.25) is 9.59 Å². The molecule has 1 aliphatic rings. The van der Waals surface area contributed by atoms with Crippen molar-refractivity contribution in [3.05, 3.63) is 43.9 Å². The number of methoxy groups -OCH3 is 1. The number of aromatic nitrogens is 1. The van der Waals surface area contributed by atoms with E-state index in [4.69, 9.17) is 16.3 Å². The minimum atomic E-state index is -3.63. The molecule has 1 aliphatic heterocycles. The SMILES string of the molecule is COC(=O)Cn1c(=NC(=O)C2CCN(S(=O)(=O)c3ccc(Cl)s3)CC2)sc2cc(Br)ccc21. The molecule has 4 rings (SSSR count). The van der Waals surface area contributed by atoms with Gasteiger partial charge in [0.2, 0.25) is 0 Å². The number of thiazole rings is 1. The molecule has 0 bridgehead atoms. The van der Waals surface area contributed by atoms with E-state index in [1.807, 2.05) is 18.2 Å². The number of fused-ring (bicyclic) bond motifs is 1. The lowest BCUT2D eigenvalue weighted by atomic mass is 9.98. The molecule has 176 valence electrons. The van der Waals surface area contributed by atoms with Crippen LogP contribution in [-0.2, 0) is 30.9 Å². The van der Waals surface area contributed by atoms with Crippen LogP contribution in [0.1, 0.15) is 12.8 Å². The van der Waals surface area contributed by atoms with Crippen LogP contribution in [0.2, 0.25) is 4.34 Å². The maximum atomic E-state index is 13.0. The van der Waals surface area contributed by atoms with Gasteiger partial charge in [-0.25, -0.2) is 8.42 Å². The van der Waals surface area contributed by atoms with Crippen molar-refractivity contribution in [2.24, 2.45) is 10.9 Å². The Morgan fingerprint density at radius 3 is 2.58 bits per heavy atom. The minimum Gasteiger partial charge on any atom is -0.468 e. The number of ether oxygens (including phenoxy) is 1. The predicted molar refractivity (Wildman–Crippen MR) is 131 cm³/mol. The highest BCUT2D eigenvalue weighted by Gasteiger charge is 2.33. The number of carbonyl (C=O) groups excluding carboxylic acids is 2. The standard InChI is InChI=1S/C20H19BrClN3O5S3/c1-30-17(26)11-25-14-3-2-13(21)10-15(14)31-20(25)23-19(27)12-6-8-24(9-7-12)33(28,29)18-5-4-16(22)32-18/h2-5,10,12H,6-9,11H2,1H3. The minimum absolute atomic E-state index is 0.0652. The molecule has 0 unspecified atom stereocenters. The summed E-state index contributed by atoms with van der Waals surface area (Å²) in [6.45, 7) is 0.390. The predicted octanol–water partition coefficient (Wildman–Crippen LogP) is 3.88. The van der Waals surface area contributed by atoms with Crippen molar-refractivity contribution in [1.29, 1.82) is 0 Å². The second-order valence-electron chi connectivity index (χ2n) is 7.35. The van der Waals surface area contributed by atoms with E-state index in [1.165, 1.54) is 28.8 Å². The number of esters is 1. The molecule has 1 fully saturated rings. The number of benzene rings is 1. The number of hydrogen-bond donors (Lipinski definition) is 0. The summed E-state index contributed by atoms with van der Waals surface area (Å²) in [5, 5.41) is 0. The molecule has 1 aromatic carbocycles. The van der Waals surface area contributed by atoms with Gasteiger partial charge in [-0.15, -0.1) is 11.3 Å². The number of piperidine rings is 1. The second-order valence-corrected chi connectivity index (χ2v) is 13.2. The Morgan fingerprint density at radius 2 is 1.94 bits per heavy atom. The smallest absolute Gasteiger partial charge is 0.325 e. The van der Waals surface area contributed by atoms with E-state index in [0.29, 0.717) is 22.0 Å². The fourth-order valence-corrected chi connectivity index (χ4v) is 8.26. The van der Waals surface area contributed by atoms with Gasteiger partial charge >= 0.3 is 5.97 Å². The highest BCUT2D eigenvalue weighted by atomic mass is 79.9. The van der Waals surface area contributed by atoms with Crippen LogP contribution in [0.15, 0.2) is 44.0 Å². The third-order valence-corrected chi connectivity index (χ3v) is 10.4. The van der Waals surface area contributed by atoms with Gasteiger partial charge in [-0.2, -0.15) is 9.30 Å². The number of nitrogens with zero attached hydrogens (tertiary/aromatic N) is 3. The van der Waals surface area contributed by atoms with Crippen molar-refractivity contribution in [2.75, 3.05) is 20.2 Å². The van der Waals surface area contributed by atoms with Crippen LogP contribution in [0.4, 0.5) is 0 Å². The Hall–Kier alpha value is -1.57. The van der Waals surface area contributed by atoms with Crippen molar-refractivity contribution in [3.63, 3.8) is 0 Å². The molecule has 1 saturated heterocycles. The first-order valence-electron chi connectivity index (χ1n) is 9.89. The highest BCUT2D eigenvalue weighted by molar-refractivity contribution is 9.10. The Labute approximate surface area is 211 Å². The quantitative estimate of drug-likeness (QED) is 0.419. The number of thiophene rings is 1. The third kappa shape index (κ3) is 5.25. The van der Waals surface area contributed by atoms with Crippen molar-refractivity contribution in [1.82, 2.24) is 8.87 Å². The number of halogens is 2. The zero-order valence-corrected chi connectivity index (χ0v) is 22.2. The van der Waals surface area contributed by atoms with Gasteiger partial charge in [0.15, 0.2) is 4.80 Å². The number of amides is 1. The first-order chi connectivity index (χ1) is 15.7. The van der Waals surface area contributed by atoms with Gasteiger partial charge in [0.05, 0.1) is 21.7 Å². The molecular weight excluding hydrogens is 574 g/mol. The molecule has 1 amide bonds. The summed E-state index contributed by atoms with van der Waals surface area (Å²) in [5.74, 6) is -1.17. The lowest BCUT2D eigenvalue weighted by Gasteiger charge is -2.29. The molecule has 33 heavy (non-hydrogen) atoms. The summed E-state index contributed by atoms with van der Waals surface area (Å²) < 4.78 is 35.8. The van der Waals surface area contributed by atoms with E-state index in [0.717, 1.165) is 26.0 Å². The molecule has 0 aliphatic carbocycles. The number of carbonyl (C=O) groups is 2. The molecule has 3 heterocycles. The summed E-state index contributed by atoms with van der Waals surface area (Å²) in [6, 6.07) is 8.65. The van der Waals surface area contributed by atoms with E-state index >= 15 is 0 Å². The molecule has 0 N–H and O–H groups in total. The van der Waals surface area contributed by atoms with Crippen LogP contribution in [0.5, 0.6) is 0 Å². The average molecular weight is 593 g/mol. The topological polar surface area (TPSA) is 98.0 Å². The van der Waals surface area contributed by atoms with Gasteiger partial charge < -0.3 is 9.30 Å². The summed E-state index contributed by atoms with van der Waals surface area (Å²) >= 11 is 11.6. The van der Waals surface area contributed by atoms with E-state index < -0.39 is 21.9 Å². The molecule has 2 aromatic heterocycles. The van der Waals surface area contributed by atoms with E-state index in [-0.39, 0.29) is 29.8 Å². The zero-order chi connectivity index (χ0) is 23.8. The van der Waals surface area contributed by atoms with Gasteiger partial charge in [0, 0.05) is 23.5 Å². The fraction of sp³-hybridized carbons (Fsp3) is 0.350. The maximum Gasteiger partial charge on any atom is 0.325 e. The maximum absolute atomic E-state index is 13.0. The molecule has 8 nitrogen and oxygen atoms in total. The van der Waals surface area contributed by atoms with Crippen LogP contribution in [0, 0.1) is 5.92 Å². The second kappa shape index (κ2) is 9.96. The van der Waals surface area contributed by atoms with Crippen LogP contribution in [0.3, 0.4) is 0 Å². The Kier molecular flexibility index (Phi) is 7.41. The average Bonchev–Trinajstić information content (AvgIpc) is 3.37. The van der Waals surface area contributed by atoms with Crippen molar-refractivity contribution in [2.45, 2.75) is 23.6 Å². The lowest BCUT2D eigenvalue weighted by molar-refractivity contribution is -0.141. The van der Waals surface area contributed by atoms with E-state index in [2.05, 4.69) is 20.9 Å². The van der Waals surface area contributed by atoms with Gasteiger partial charge in [-0.05, 0) is 43.2 Å². The van der Waals surface area contributed by atoms with Crippen molar-refractivity contribution < 1.29 is 22.7 Å². The first kappa shape index (κ1) is 24.6. The van der Waals surface area contributed by atoms with Crippen molar-refractivity contribution >= 4 is 82.3 Å². The Balaban J connectivity index is 1.55. The summed E-state index contributed by atoms with van der Waals surface area (Å²) in [4.78, 5) is 29.6. The molecule has 0 atom stereocenters. The molecule has 3 aromatic rings. The molecule has 0 radical (unpaired) electrons. The number of sulfonamides is 1. The van der Waals surface area contributed by atoms with E-state index in [9.17, 15) is 18.0 Å². The van der Waals surface area contributed by atoms with Crippen LogP contribution in [0.25, 0.3) is 10.2 Å². The van der Waals surface area contributed by atoms with Crippen LogP contribution >= 0.6 is 50.2 Å². The van der Waals surface area contributed by atoms with Crippen LogP contribution < -0.4 is 4.80 Å². The normalized spacial score (nSPS) is 16.4.